The van der Waals surface area contributed by atoms with Gasteiger partial charge in [-0.15, -0.1) is 0 Å². The summed E-state index contributed by atoms with van der Waals surface area (Å²) >= 11 is 0. The van der Waals surface area contributed by atoms with Crippen molar-refractivity contribution in [1.82, 2.24) is 10.2 Å². The van der Waals surface area contributed by atoms with Gasteiger partial charge in [-0.1, -0.05) is 37.1 Å². The van der Waals surface area contributed by atoms with Crippen molar-refractivity contribution in [2.24, 2.45) is 0 Å². The second-order valence-corrected chi connectivity index (χ2v) is 4.95. The van der Waals surface area contributed by atoms with E-state index >= 15 is 0 Å². The van der Waals surface area contributed by atoms with Crippen LogP contribution < -0.4 is 0 Å². The van der Waals surface area contributed by atoms with Crippen molar-refractivity contribution in [2.45, 2.75) is 31.1 Å². The largest absolute Gasteiger partial charge is 0.278 e. The molecule has 1 N–H and O–H groups in total. The number of benzene rings is 1. The van der Waals surface area contributed by atoms with Gasteiger partial charge in [-0.05, 0) is 30.0 Å². The van der Waals surface area contributed by atoms with Gasteiger partial charge in [0.05, 0.1) is 17.2 Å². The topological polar surface area (TPSA) is 52.5 Å². The first-order chi connectivity index (χ1) is 8.84. The number of nitriles is 1. The molecule has 1 saturated carbocycles. The third-order valence-electron chi connectivity index (χ3n) is 3.92. The molecule has 3 heteroatoms. The van der Waals surface area contributed by atoms with Crippen LogP contribution in [0.25, 0.3) is 11.3 Å². The number of aromatic nitrogens is 2. The molecule has 0 radical (unpaired) electrons. The van der Waals surface area contributed by atoms with Gasteiger partial charge in [0.15, 0.2) is 0 Å². The Morgan fingerprint density at radius 2 is 1.83 bits per heavy atom. The number of rotatable bonds is 2. The highest BCUT2D eigenvalue weighted by Crippen LogP contribution is 2.40. The van der Waals surface area contributed by atoms with E-state index in [9.17, 15) is 5.26 Å². The van der Waals surface area contributed by atoms with Crippen molar-refractivity contribution < 1.29 is 0 Å². The standard InChI is InChI=1S/C15H15N3/c16-11-15(8-1-2-9-15)13-5-3-12(4-6-13)14-7-10-17-18-14/h3-7,10H,1-2,8-9H2,(H,17,18). The molecule has 3 nitrogen and oxygen atoms in total. The summed E-state index contributed by atoms with van der Waals surface area (Å²) in [6.07, 6.45) is 6.06. The predicted molar refractivity (Wildman–Crippen MR) is 69.8 cm³/mol. The number of hydrogen-bond donors (Lipinski definition) is 1. The molecular weight excluding hydrogens is 222 g/mol. The Bertz CT molecular complexity index is 555. The van der Waals surface area contributed by atoms with Crippen LogP contribution in [-0.4, -0.2) is 10.2 Å². The van der Waals surface area contributed by atoms with Crippen LogP contribution in [0.3, 0.4) is 0 Å². The fraction of sp³-hybridized carbons (Fsp3) is 0.333. The summed E-state index contributed by atoms with van der Waals surface area (Å²) in [4.78, 5) is 0. The summed E-state index contributed by atoms with van der Waals surface area (Å²) in [5, 5.41) is 16.4. The minimum Gasteiger partial charge on any atom is -0.278 e. The van der Waals surface area contributed by atoms with Crippen LogP contribution in [0.15, 0.2) is 36.5 Å². The van der Waals surface area contributed by atoms with Crippen molar-refractivity contribution in [3.8, 4) is 17.3 Å². The lowest BCUT2D eigenvalue weighted by atomic mass is 9.80. The zero-order valence-electron chi connectivity index (χ0n) is 10.2. The zero-order valence-corrected chi connectivity index (χ0v) is 10.2. The molecule has 1 fully saturated rings. The normalized spacial score (nSPS) is 17.5. The highest BCUT2D eigenvalue weighted by Gasteiger charge is 2.35. The summed E-state index contributed by atoms with van der Waals surface area (Å²) in [6, 6.07) is 12.8. The van der Waals surface area contributed by atoms with E-state index in [0.29, 0.717) is 0 Å². The Balaban J connectivity index is 1.94. The van der Waals surface area contributed by atoms with E-state index in [4.69, 9.17) is 0 Å². The molecule has 18 heavy (non-hydrogen) atoms. The molecule has 3 rings (SSSR count). The monoisotopic (exact) mass is 237 g/mol. The zero-order chi connectivity index (χ0) is 12.4. The third kappa shape index (κ3) is 1.70. The average Bonchev–Trinajstić information content (AvgIpc) is 3.11. The molecule has 0 unspecified atom stereocenters. The van der Waals surface area contributed by atoms with Crippen LogP contribution in [0.5, 0.6) is 0 Å². The van der Waals surface area contributed by atoms with Gasteiger partial charge in [0.25, 0.3) is 0 Å². The summed E-state index contributed by atoms with van der Waals surface area (Å²) in [5.74, 6) is 0. The minimum atomic E-state index is -0.244. The summed E-state index contributed by atoms with van der Waals surface area (Å²) in [5.41, 5.74) is 3.04. The van der Waals surface area contributed by atoms with E-state index in [-0.39, 0.29) is 5.41 Å². The Morgan fingerprint density at radius 1 is 1.11 bits per heavy atom. The van der Waals surface area contributed by atoms with Crippen molar-refractivity contribution in [3.05, 3.63) is 42.1 Å². The maximum atomic E-state index is 9.46. The molecule has 1 heterocycles. The summed E-state index contributed by atoms with van der Waals surface area (Å²) in [6.45, 7) is 0. The van der Waals surface area contributed by atoms with E-state index in [1.54, 1.807) is 6.20 Å². The van der Waals surface area contributed by atoms with Gasteiger partial charge >= 0.3 is 0 Å². The van der Waals surface area contributed by atoms with Crippen molar-refractivity contribution in [1.29, 1.82) is 5.26 Å². The number of hydrogen-bond acceptors (Lipinski definition) is 2. The van der Waals surface area contributed by atoms with E-state index in [2.05, 4.69) is 40.5 Å². The molecule has 1 aliphatic carbocycles. The quantitative estimate of drug-likeness (QED) is 0.870. The maximum absolute atomic E-state index is 9.46. The first kappa shape index (κ1) is 11.0. The van der Waals surface area contributed by atoms with Crippen LogP contribution in [0, 0.1) is 11.3 Å². The molecule has 1 aromatic carbocycles. The number of nitrogens with zero attached hydrogens (tertiary/aromatic N) is 2. The van der Waals surface area contributed by atoms with Crippen LogP contribution in [0.1, 0.15) is 31.2 Å². The van der Waals surface area contributed by atoms with E-state index in [0.717, 1.165) is 42.5 Å². The van der Waals surface area contributed by atoms with Gasteiger partial charge in [-0.25, -0.2) is 0 Å². The smallest absolute Gasteiger partial charge is 0.0822 e. The highest BCUT2D eigenvalue weighted by molar-refractivity contribution is 5.59. The van der Waals surface area contributed by atoms with Crippen LogP contribution in [-0.2, 0) is 5.41 Å². The first-order valence-corrected chi connectivity index (χ1v) is 6.36. The minimum absolute atomic E-state index is 0.244. The fourth-order valence-corrected chi connectivity index (χ4v) is 2.83. The van der Waals surface area contributed by atoms with E-state index in [1.807, 2.05) is 6.07 Å². The molecule has 0 amide bonds. The van der Waals surface area contributed by atoms with Crippen molar-refractivity contribution in [2.75, 3.05) is 0 Å². The molecule has 0 saturated heterocycles. The second kappa shape index (κ2) is 4.30. The molecule has 2 aromatic rings. The average molecular weight is 237 g/mol. The molecule has 90 valence electrons. The molecule has 1 aromatic heterocycles. The van der Waals surface area contributed by atoms with Crippen LogP contribution in [0.4, 0.5) is 0 Å². The Morgan fingerprint density at radius 3 is 2.39 bits per heavy atom. The lowest BCUT2D eigenvalue weighted by Crippen LogP contribution is -2.18. The summed E-state index contributed by atoms with van der Waals surface area (Å²) in [7, 11) is 0. The first-order valence-electron chi connectivity index (χ1n) is 6.36. The number of nitrogens with one attached hydrogen (secondary N) is 1. The number of aromatic amines is 1. The lowest BCUT2D eigenvalue weighted by Gasteiger charge is -2.20. The van der Waals surface area contributed by atoms with Crippen molar-refractivity contribution in [3.63, 3.8) is 0 Å². The van der Waals surface area contributed by atoms with Gasteiger partial charge in [0, 0.05) is 6.20 Å². The molecule has 0 aliphatic heterocycles. The maximum Gasteiger partial charge on any atom is 0.0822 e. The van der Waals surface area contributed by atoms with Crippen LogP contribution in [0.2, 0.25) is 0 Å². The van der Waals surface area contributed by atoms with Gasteiger partial charge in [0.2, 0.25) is 0 Å². The third-order valence-corrected chi connectivity index (χ3v) is 3.92. The van der Waals surface area contributed by atoms with Crippen LogP contribution >= 0.6 is 0 Å². The molecule has 1 aliphatic rings. The Kier molecular flexibility index (Phi) is 2.64. The predicted octanol–water partition coefficient (Wildman–Crippen LogP) is 3.41. The molecule has 0 spiro atoms. The Labute approximate surface area is 106 Å². The summed E-state index contributed by atoms with van der Waals surface area (Å²) < 4.78 is 0. The lowest BCUT2D eigenvalue weighted by molar-refractivity contribution is 0.573. The van der Waals surface area contributed by atoms with Crippen molar-refractivity contribution >= 4 is 0 Å². The van der Waals surface area contributed by atoms with Gasteiger partial charge in [0.1, 0.15) is 0 Å². The Hall–Kier alpha value is -2.08. The van der Waals surface area contributed by atoms with E-state index < -0.39 is 0 Å². The second-order valence-electron chi connectivity index (χ2n) is 4.95. The SMILES string of the molecule is N#CC1(c2ccc(-c3ccn[nH]3)cc2)CCCC1. The van der Waals surface area contributed by atoms with Gasteiger partial charge in [-0.3, -0.25) is 5.10 Å². The molecular formula is C15H15N3. The molecule has 0 atom stereocenters. The number of H-pyrrole nitrogens is 1. The highest BCUT2D eigenvalue weighted by atomic mass is 15.1. The van der Waals surface area contributed by atoms with Gasteiger partial charge < -0.3 is 0 Å². The van der Waals surface area contributed by atoms with Gasteiger partial charge in [-0.2, -0.15) is 10.4 Å². The molecule has 0 bridgehead atoms. The fourth-order valence-electron chi connectivity index (χ4n) is 2.83. The van der Waals surface area contributed by atoms with E-state index in [1.165, 1.54) is 0 Å².